The minimum atomic E-state index is -0.181. The van der Waals surface area contributed by atoms with E-state index in [4.69, 9.17) is 5.73 Å². The van der Waals surface area contributed by atoms with E-state index in [2.05, 4.69) is 6.08 Å². The van der Waals surface area contributed by atoms with Gasteiger partial charge in [0.25, 0.3) is 0 Å². The molecule has 1 nitrogen and oxygen atoms in total. The Labute approximate surface area is 89.8 Å². The molecule has 0 heterocycles. The average Bonchev–Trinajstić information content (AvgIpc) is 2.30. The summed E-state index contributed by atoms with van der Waals surface area (Å²) >= 11 is 0. The monoisotopic (exact) mass is 205 g/mol. The van der Waals surface area contributed by atoms with Crippen molar-refractivity contribution < 1.29 is 4.39 Å². The van der Waals surface area contributed by atoms with Crippen molar-refractivity contribution in [3.8, 4) is 0 Å². The Balaban J connectivity index is 2.28. The highest BCUT2D eigenvalue weighted by atomic mass is 19.1. The van der Waals surface area contributed by atoms with E-state index in [0.717, 1.165) is 18.4 Å². The van der Waals surface area contributed by atoms with Gasteiger partial charge in [-0.25, -0.2) is 4.39 Å². The van der Waals surface area contributed by atoms with Gasteiger partial charge in [0, 0.05) is 0 Å². The van der Waals surface area contributed by atoms with Gasteiger partial charge in [-0.2, -0.15) is 0 Å². The van der Waals surface area contributed by atoms with E-state index in [1.165, 1.54) is 24.1 Å². The van der Waals surface area contributed by atoms with Crippen LogP contribution < -0.4 is 5.73 Å². The topological polar surface area (TPSA) is 26.0 Å². The van der Waals surface area contributed by atoms with E-state index in [-0.39, 0.29) is 5.82 Å². The van der Waals surface area contributed by atoms with Crippen molar-refractivity contribution >= 4 is 5.57 Å². The van der Waals surface area contributed by atoms with E-state index in [0.29, 0.717) is 12.5 Å². The number of hydrogen-bond donors (Lipinski definition) is 1. The molecule has 1 aromatic rings. The van der Waals surface area contributed by atoms with Gasteiger partial charge in [-0.1, -0.05) is 18.2 Å². The van der Waals surface area contributed by atoms with Crippen LogP contribution in [0.2, 0.25) is 0 Å². The molecule has 2 N–H and O–H groups in total. The average molecular weight is 205 g/mol. The Morgan fingerprint density at radius 2 is 2.00 bits per heavy atom. The maximum Gasteiger partial charge on any atom is 0.123 e. The third-order valence-electron chi connectivity index (χ3n) is 3.02. The van der Waals surface area contributed by atoms with Crippen LogP contribution in [0.3, 0.4) is 0 Å². The number of benzene rings is 1. The van der Waals surface area contributed by atoms with Crippen LogP contribution in [0.15, 0.2) is 30.3 Å². The number of rotatable bonds is 2. The first-order valence-corrected chi connectivity index (χ1v) is 5.47. The second-order valence-electron chi connectivity index (χ2n) is 4.03. The molecule has 0 amide bonds. The first kappa shape index (κ1) is 10.4. The summed E-state index contributed by atoms with van der Waals surface area (Å²) in [7, 11) is 0. The highest BCUT2D eigenvalue weighted by Gasteiger charge is 2.17. The third-order valence-corrected chi connectivity index (χ3v) is 3.02. The fourth-order valence-corrected chi connectivity index (χ4v) is 2.18. The molecule has 1 atom stereocenters. The zero-order chi connectivity index (χ0) is 10.7. The lowest BCUT2D eigenvalue weighted by Gasteiger charge is -2.23. The standard InChI is InChI=1S/C13H16FN/c14-12-7-5-10(6-8-12)13-4-2-1-3-11(13)9-15/h4-8,11H,1-3,9,15H2. The van der Waals surface area contributed by atoms with E-state index in [1.807, 2.05) is 12.1 Å². The Morgan fingerprint density at radius 1 is 1.27 bits per heavy atom. The van der Waals surface area contributed by atoms with Gasteiger partial charge in [0.15, 0.2) is 0 Å². The maximum atomic E-state index is 12.8. The summed E-state index contributed by atoms with van der Waals surface area (Å²) in [5, 5.41) is 0. The SMILES string of the molecule is NCC1CCCC=C1c1ccc(F)cc1. The summed E-state index contributed by atoms with van der Waals surface area (Å²) < 4.78 is 12.8. The van der Waals surface area contributed by atoms with Gasteiger partial charge in [-0.15, -0.1) is 0 Å². The van der Waals surface area contributed by atoms with Crippen molar-refractivity contribution in [1.82, 2.24) is 0 Å². The number of halogens is 1. The lowest BCUT2D eigenvalue weighted by Crippen LogP contribution is -2.18. The van der Waals surface area contributed by atoms with Crippen molar-refractivity contribution in [1.29, 1.82) is 0 Å². The molecule has 0 aliphatic heterocycles. The van der Waals surface area contributed by atoms with Crippen molar-refractivity contribution in [2.24, 2.45) is 11.7 Å². The molecule has 0 spiro atoms. The molecule has 2 heteroatoms. The molecular formula is C13H16FN. The van der Waals surface area contributed by atoms with E-state index >= 15 is 0 Å². The van der Waals surface area contributed by atoms with Gasteiger partial charge in [0.05, 0.1) is 0 Å². The van der Waals surface area contributed by atoms with Crippen LogP contribution in [0.25, 0.3) is 5.57 Å². The van der Waals surface area contributed by atoms with Crippen molar-refractivity contribution in [2.45, 2.75) is 19.3 Å². The smallest absolute Gasteiger partial charge is 0.123 e. The Kier molecular flexibility index (Phi) is 3.17. The predicted molar refractivity (Wildman–Crippen MR) is 60.8 cm³/mol. The van der Waals surface area contributed by atoms with Crippen LogP contribution in [0.1, 0.15) is 24.8 Å². The second kappa shape index (κ2) is 4.58. The van der Waals surface area contributed by atoms with Crippen LogP contribution in [0.5, 0.6) is 0 Å². The minimum absolute atomic E-state index is 0.181. The molecule has 1 aromatic carbocycles. The molecule has 0 saturated carbocycles. The summed E-state index contributed by atoms with van der Waals surface area (Å²) in [6.07, 6.45) is 5.73. The highest BCUT2D eigenvalue weighted by molar-refractivity contribution is 5.68. The second-order valence-corrected chi connectivity index (χ2v) is 4.03. The number of nitrogens with two attached hydrogens (primary N) is 1. The molecule has 1 aliphatic rings. The zero-order valence-electron chi connectivity index (χ0n) is 8.75. The van der Waals surface area contributed by atoms with Gasteiger partial charge < -0.3 is 5.73 Å². The van der Waals surface area contributed by atoms with Crippen molar-refractivity contribution in [3.63, 3.8) is 0 Å². The van der Waals surface area contributed by atoms with Crippen LogP contribution in [-0.4, -0.2) is 6.54 Å². The fraction of sp³-hybridized carbons (Fsp3) is 0.385. The molecule has 0 bridgehead atoms. The molecular weight excluding hydrogens is 189 g/mol. The summed E-state index contributed by atoms with van der Waals surface area (Å²) in [4.78, 5) is 0. The lowest BCUT2D eigenvalue weighted by atomic mass is 9.84. The fourth-order valence-electron chi connectivity index (χ4n) is 2.18. The molecule has 15 heavy (non-hydrogen) atoms. The summed E-state index contributed by atoms with van der Waals surface area (Å²) in [5.74, 6) is 0.267. The first-order valence-electron chi connectivity index (χ1n) is 5.47. The van der Waals surface area contributed by atoms with Gasteiger partial charge in [-0.05, 0) is 55.0 Å². The molecule has 0 radical (unpaired) electrons. The number of hydrogen-bond acceptors (Lipinski definition) is 1. The molecule has 0 saturated heterocycles. The van der Waals surface area contributed by atoms with Crippen molar-refractivity contribution in [3.05, 3.63) is 41.7 Å². The summed E-state index contributed by atoms with van der Waals surface area (Å²) in [6, 6.07) is 6.71. The largest absolute Gasteiger partial charge is 0.330 e. The molecule has 80 valence electrons. The van der Waals surface area contributed by atoms with Gasteiger partial charge >= 0.3 is 0 Å². The quantitative estimate of drug-likeness (QED) is 0.789. The van der Waals surface area contributed by atoms with Crippen LogP contribution in [-0.2, 0) is 0 Å². The number of allylic oxidation sites excluding steroid dienone is 1. The normalized spacial score (nSPS) is 21.2. The third kappa shape index (κ3) is 2.26. The molecule has 0 aromatic heterocycles. The van der Waals surface area contributed by atoms with Crippen LogP contribution >= 0.6 is 0 Å². The maximum absolute atomic E-state index is 12.8. The van der Waals surface area contributed by atoms with E-state index in [1.54, 1.807) is 0 Å². The van der Waals surface area contributed by atoms with Crippen LogP contribution in [0, 0.1) is 11.7 Å². The van der Waals surface area contributed by atoms with E-state index in [9.17, 15) is 4.39 Å². The summed E-state index contributed by atoms with van der Waals surface area (Å²) in [6.45, 7) is 0.684. The predicted octanol–water partition coefficient (Wildman–Crippen LogP) is 2.97. The van der Waals surface area contributed by atoms with Gasteiger partial charge in [0.1, 0.15) is 5.82 Å². The molecule has 1 aliphatic carbocycles. The lowest BCUT2D eigenvalue weighted by molar-refractivity contribution is 0.566. The zero-order valence-corrected chi connectivity index (χ0v) is 8.75. The minimum Gasteiger partial charge on any atom is -0.330 e. The van der Waals surface area contributed by atoms with Crippen molar-refractivity contribution in [2.75, 3.05) is 6.54 Å². The Hall–Kier alpha value is -1.15. The first-order chi connectivity index (χ1) is 7.31. The molecule has 0 fully saturated rings. The highest BCUT2D eigenvalue weighted by Crippen LogP contribution is 2.31. The summed E-state index contributed by atoms with van der Waals surface area (Å²) in [5.41, 5.74) is 8.16. The Morgan fingerprint density at radius 3 is 2.67 bits per heavy atom. The molecule has 1 unspecified atom stereocenters. The van der Waals surface area contributed by atoms with Gasteiger partial charge in [-0.3, -0.25) is 0 Å². The van der Waals surface area contributed by atoms with Gasteiger partial charge in [0.2, 0.25) is 0 Å². The van der Waals surface area contributed by atoms with E-state index < -0.39 is 0 Å². The molecule has 2 rings (SSSR count). The Bertz CT molecular complexity index is 353. The van der Waals surface area contributed by atoms with Crippen LogP contribution in [0.4, 0.5) is 4.39 Å².